The van der Waals surface area contributed by atoms with Gasteiger partial charge in [0.05, 0.1) is 0 Å². The Morgan fingerprint density at radius 2 is 0.692 bits per heavy atom. The van der Waals surface area contributed by atoms with Gasteiger partial charge in [0.2, 0.25) is 0 Å². The van der Waals surface area contributed by atoms with Crippen LogP contribution in [0.5, 0.6) is 0 Å². The largest absolute Gasteiger partial charge is 0.412 e. The van der Waals surface area contributed by atoms with Gasteiger partial charge in [-0.15, -0.1) is 0 Å². The minimum Gasteiger partial charge on any atom is -0.412 e. The summed E-state index contributed by atoms with van der Waals surface area (Å²) in [5, 5.41) is 0. The Morgan fingerprint density at radius 1 is 0.692 bits per heavy atom. The molecule has 0 aliphatic carbocycles. The smallest absolute Gasteiger partial charge is 0.394 e. The molecule has 0 fully saturated rings. The maximum Gasteiger partial charge on any atom is 0.394 e. The van der Waals surface area contributed by atoms with Crippen LogP contribution < -0.4 is 6.15 Å². The van der Waals surface area contributed by atoms with Crippen LogP contribution >= 0.6 is 0 Å². The van der Waals surface area contributed by atoms with Crippen molar-refractivity contribution in [2.75, 3.05) is 0 Å². The first-order valence-electron chi connectivity index (χ1n) is 0.698. The zero-order valence-electron chi connectivity index (χ0n) is 6.20. The third kappa shape index (κ3) is 103000. The van der Waals surface area contributed by atoms with Crippen molar-refractivity contribution in [3.05, 3.63) is 0 Å². The molecule has 0 aromatic heterocycles. The van der Waals surface area contributed by atoms with Gasteiger partial charge in [0.1, 0.15) is 0 Å². The summed E-state index contributed by atoms with van der Waals surface area (Å²) in [5.41, 5.74) is 0. The molecule has 0 aliphatic rings. The fourth-order valence-electron chi connectivity index (χ4n) is 0. The third-order valence-electron chi connectivity index (χ3n) is 0. The first-order valence-corrected chi connectivity index (χ1v) is 2.10. The second kappa shape index (κ2) is 40.0. The molecule has 0 aromatic rings. The summed E-state index contributed by atoms with van der Waals surface area (Å²) >= 11 is 0. The van der Waals surface area contributed by atoms with Crippen LogP contribution in [0.4, 0.5) is 0 Å². The number of hydrogen-bond donors (Lipinski definition) is 3. The summed E-state index contributed by atoms with van der Waals surface area (Å²) in [6.45, 7) is 0. The van der Waals surface area contributed by atoms with Crippen molar-refractivity contribution in [1.29, 1.82) is 0 Å². The van der Waals surface area contributed by atoms with Crippen molar-refractivity contribution in [1.82, 2.24) is 6.15 Å². The Morgan fingerprint density at radius 3 is 0.692 bits per heavy atom. The van der Waals surface area contributed by atoms with E-state index in [4.69, 9.17) is 17.5 Å². The summed E-state index contributed by atoms with van der Waals surface area (Å²) in [7, 11) is -4.67. The van der Waals surface area contributed by atoms with E-state index in [1.807, 2.05) is 0 Å². The third-order valence-corrected chi connectivity index (χ3v) is 0. The van der Waals surface area contributed by atoms with Crippen LogP contribution in [-0.4, -0.2) is 50.4 Å². The average Bonchev–Trinajstić information content (AvgIpc) is 0.722. The van der Waals surface area contributed by atoms with Gasteiger partial charge in [-0.05, 0) is 0 Å². The van der Waals surface area contributed by atoms with Crippen LogP contribution in [0.2, 0.25) is 0 Å². The van der Waals surface area contributed by atoms with E-state index in [2.05, 4.69) is 0 Å². The average molecular weight is 278 g/mol. The molecule has 0 saturated carbocycles. The second-order valence-electron chi connectivity index (χ2n) is 0.448. The van der Waals surface area contributed by atoms with E-state index in [1.54, 1.807) is 0 Å². The number of hydrogen-bond acceptors (Lipinski definition) is 3. The molecule has 11 nitrogen and oxygen atoms in total. The van der Waals surface area contributed by atoms with Gasteiger partial charge in [-0.2, -0.15) is 8.42 Å². The molecule has 0 aromatic carbocycles. The maximum absolute atomic E-state index is 8.74. The Labute approximate surface area is 84.6 Å². The van der Waals surface area contributed by atoms with Gasteiger partial charge in [-0.3, -0.25) is 9.11 Å². The van der Waals surface area contributed by atoms with Gasteiger partial charge in [0.15, 0.2) is 0 Å². The van der Waals surface area contributed by atoms with Crippen molar-refractivity contribution in [2.24, 2.45) is 0 Å². The Bertz CT molecular complexity index is 98.1. The first-order chi connectivity index (χ1) is 2.00. The topological polar surface area (TPSA) is 299 Å². The Kier molecular flexibility index (Phi) is 351. The van der Waals surface area contributed by atoms with Crippen LogP contribution in [0.3, 0.4) is 0 Å². The normalized spacial score (nSPS) is 4.46. The molecule has 0 spiro atoms. The van der Waals surface area contributed by atoms with E-state index < -0.39 is 10.4 Å². The number of rotatable bonds is 0. The van der Waals surface area contributed by atoms with E-state index >= 15 is 0 Å². The summed E-state index contributed by atoms with van der Waals surface area (Å²) in [6, 6.07) is 0. The molecule has 0 atom stereocenters. The molecule has 0 saturated heterocycles. The maximum atomic E-state index is 8.74. The van der Waals surface area contributed by atoms with Crippen molar-refractivity contribution < 1.29 is 67.4 Å². The summed E-state index contributed by atoms with van der Waals surface area (Å²) in [6.07, 6.45) is 0. The Balaban J connectivity index is -0.00000000286. The van der Waals surface area contributed by atoms with Gasteiger partial charge < -0.3 is 39.0 Å². The van der Waals surface area contributed by atoms with Crippen LogP contribution in [0.15, 0.2) is 0 Å². The predicted octanol–water partition coefficient (Wildman–Crippen LogP) is -5.44. The van der Waals surface area contributed by atoms with Gasteiger partial charge in [-0.25, -0.2) is 0 Å². The zero-order chi connectivity index (χ0) is 4.50. The molecular formula is H17MnNO10S. The fourth-order valence-corrected chi connectivity index (χ4v) is 0. The molecule has 0 bridgehead atoms. The minimum atomic E-state index is -4.67. The molecule has 13 heteroatoms. The first kappa shape index (κ1) is 114. The van der Waals surface area contributed by atoms with Crippen LogP contribution in [0.1, 0.15) is 0 Å². The van der Waals surface area contributed by atoms with E-state index in [0.717, 1.165) is 0 Å². The monoisotopic (exact) mass is 278 g/mol. The predicted molar refractivity (Wildman–Crippen MR) is 40.9 cm³/mol. The summed E-state index contributed by atoms with van der Waals surface area (Å²) in [5.74, 6) is 0. The molecule has 0 aliphatic heterocycles. The SMILES string of the molecule is N.O.O.O.O.O.O.O=S(=O)(O)O.[Mn]. The van der Waals surface area contributed by atoms with Gasteiger partial charge in [0, 0.05) is 17.1 Å². The van der Waals surface area contributed by atoms with E-state index in [9.17, 15) is 0 Å². The molecule has 17 N–H and O–H groups in total. The van der Waals surface area contributed by atoms with E-state index in [1.165, 1.54) is 0 Å². The van der Waals surface area contributed by atoms with E-state index in [0.29, 0.717) is 0 Å². The van der Waals surface area contributed by atoms with Gasteiger partial charge in [-0.1, -0.05) is 0 Å². The summed E-state index contributed by atoms with van der Waals surface area (Å²) < 4.78 is 31.6. The molecular weight excluding hydrogens is 261 g/mol. The molecule has 0 rings (SSSR count). The van der Waals surface area contributed by atoms with Gasteiger partial charge in [0.25, 0.3) is 0 Å². The molecule has 0 unspecified atom stereocenters. The van der Waals surface area contributed by atoms with E-state index in [-0.39, 0.29) is 56.1 Å². The molecule has 0 heterocycles. The standard InChI is InChI=1S/Mn.H3N.H2O4S.6H2O/c;;1-5(2,3)4;;;;;;/h;1H3;(H2,1,2,3,4);6*1H2. The Hall–Kier alpha value is 0.109. The molecule has 95 valence electrons. The zero-order valence-corrected chi connectivity index (χ0v) is 8.20. The molecule has 0 amide bonds. The fraction of sp³-hybridized carbons (Fsp3) is 0. The molecule has 1 radical (unpaired) electrons. The van der Waals surface area contributed by atoms with Crippen LogP contribution in [0.25, 0.3) is 0 Å². The minimum absolute atomic E-state index is 0. The van der Waals surface area contributed by atoms with Crippen molar-refractivity contribution >= 4 is 10.4 Å². The van der Waals surface area contributed by atoms with Crippen LogP contribution in [0, 0.1) is 0 Å². The van der Waals surface area contributed by atoms with Crippen molar-refractivity contribution in [3.8, 4) is 0 Å². The van der Waals surface area contributed by atoms with Crippen LogP contribution in [-0.2, 0) is 27.5 Å². The quantitative estimate of drug-likeness (QED) is 0.287. The summed E-state index contributed by atoms with van der Waals surface area (Å²) in [4.78, 5) is 0. The molecule has 13 heavy (non-hydrogen) atoms. The van der Waals surface area contributed by atoms with Crippen molar-refractivity contribution in [2.45, 2.75) is 0 Å². The van der Waals surface area contributed by atoms with Crippen molar-refractivity contribution in [3.63, 3.8) is 0 Å². The van der Waals surface area contributed by atoms with Gasteiger partial charge >= 0.3 is 10.4 Å². The second-order valence-corrected chi connectivity index (χ2v) is 1.34.